The van der Waals surface area contributed by atoms with Gasteiger partial charge in [0.25, 0.3) is 0 Å². The van der Waals surface area contributed by atoms with Crippen LogP contribution in [0.4, 0.5) is 5.69 Å². The second kappa shape index (κ2) is 8.79. The fourth-order valence-corrected chi connectivity index (χ4v) is 4.45. The molecule has 0 aromatic carbocycles. The van der Waals surface area contributed by atoms with Gasteiger partial charge in [-0.05, 0) is 30.4 Å². The molecule has 25 heavy (non-hydrogen) atoms. The molecule has 2 aromatic rings. The second-order valence-corrected chi connectivity index (χ2v) is 7.86. The number of aryl methyl sites for hydroxylation is 1. The van der Waals surface area contributed by atoms with Gasteiger partial charge in [-0.25, -0.2) is 0 Å². The molecule has 1 N–H and O–H groups in total. The van der Waals surface area contributed by atoms with Crippen molar-refractivity contribution in [3.8, 4) is 0 Å². The zero-order valence-corrected chi connectivity index (χ0v) is 16.3. The number of nitrogens with zero attached hydrogens (tertiary/aromatic N) is 3. The van der Waals surface area contributed by atoms with Gasteiger partial charge < -0.3 is 5.32 Å². The van der Waals surface area contributed by atoms with E-state index in [-0.39, 0.29) is 5.38 Å². The van der Waals surface area contributed by atoms with Crippen LogP contribution in [0, 0.1) is 0 Å². The average Bonchev–Trinajstić information content (AvgIpc) is 2.92. The van der Waals surface area contributed by atoms with E-state index in [1.165, 1.54) is 4.91 Å². The summed E-state index contributed by atoms with van der Waals surface area (Å²) in [5.74, 6) is 0. The van der Waals surface area contributed by atoms with Crippen molar-refractivity contribution in [1.29, 1.82) is 0 Å². The molecule has 0 saturated carbocycles. The van der Waals surface area contributed by atoms with Crippen molar-refractivity contribution in [3.05, 3.63) is 58.4 Å². The highest BCUT2D eigenvalue weighted by molar-refractivity contribution is 8.03. The molecule has 2 aromatic heterocycles. The fourth-order valence-electron chi connectivity index (χ4n) is 2.55. The Morgan fingerprint density at radius 1 is 1.40 bits per heavy atom. The molecule has 132 valence electrons. The highest BCUT2D eigenvalue weighted by Crippen LogP contribution is 2.36. The fraction of sp³-hybridized carbons (Fsp3) is 0.333. The minimum atomic E-state index is -0.0660. The maximum atomic E-state index is 6.35. The normalized spacial score (nSPS) is 17.6. The Morgan fingerprint density at radius 3 is 3.04 bits per heavy atom. The summed E-state index contributed by atoms with van der Waals surface area (Å²) in [6.07, 6.45) is 11.1. The molecule has 1 aliphatic carbocycles. The molecule has 2 heterocycles. The summed E-state index contributed by atoms with van der Waals surface area (Å²) in [6, 6.07) is 3.92. The van der Waals surface area contributed by atoms with Crippen LogP contribution in [-0.2, 0) is 13.1 Å². The summed E-state index contributed by atoms with van der Waals surface area (Å²) in [5.41, 5.74) is 2.15. The van der Waals surface area contributed by atoms with Gasteiger partial charge in [0.2, 0.25) is 0 Å². The summed E-state index contributed by atoms with van der Waals surface area (Å²) >= 11 is 14.2. The monoisotopic (exact) mass is 394 g/mol. The predicted molar refractivity (Wildman–Crippen MR) is 106 cm³/mol. The van der Waals surface area contributed by atoms with Crippen LogP contribution in [0.25, 0.3) is 0 Å². The molecule has 7 heteroatoms. The first-order valence-corrected chi connectivity index (χ1v) is 9.84. The predicted octanol–water partition coefficient (Wildman–Crippen LogP) is 5.41. The number of aromatic nitrogens is 3. The van der Waals surface area contributed by atoms with Crippen molar-refractivity contribution < 1.29 is 0 Å². The lowest BCUT2D eigenvalue weighted by Gasteiger charge is -2.11. The van der Waals surface area contributed by atoms with Gasteiger partial charge in [0.05, 0.1) is 17.3 Å². The Labute approximate surface area is 162 Å². The Kier molecular flexibility index (Phi) is 6.45. The van der Waals surface area contributed by atoms with Crippen LogP contribution in [0.2, 0.25) is 0 Å². The Balaban J connectivity index is 1.77. The van der Waals surface area contributed by atoms with E-state index < -0.39 is 0 Å². The van der Waals surface area contributed by atoms with Crippen molar-refractivity contribution in [2.24, 2.45) is 0 Å². The van der Waals surface area contributed by atoms with Gasteiger partial charge in [-0.15, -0.1) is 11.6 Å². The summed E-state index contributed by atoms with van der Waals surface area (Å²) in [6.45, 7) is 3.61. The van der Waals surface area contributed by atoms with E-state index in [0.717, 1.165) is 34.3 Å². The number of halogens is 2. The topological polar surface area (TPSA) is 42.7 Å². The van der Waals surface area contributed by atoms with Crippen molar-refractivity contribution in [3.63, 3.8) is 0 Å². The number of anilines is 1. The Bertz CT molecular complexity index is 771. The van der Waals surface area contributed by atoms with E-state index in [9.17, 15) is 0 Å². The third-order valence-electron chi connectivity index (χ3n) is 3.82. The number of rotatable bonds is 6. The SMILES string of the molecule is CCn1ncc(CNc2cccnc2)c1SC1=CC(Cl)CC(Cl)=CC1. The maximum Gasteiger partial charge on any atom is 0.103 e. The molecule has 3 rings (SSSR count). The molecule has 1 unspecified atom stereocenters. The number of pyridine rings is 1. The van der Waals surface area contributed by atoms with Crippen LogP contribution < -0.4 is 5.32 Å². The van der Waals surface area contributed by atoms with Gasteiger partial charge in [0, 0.05) is 42.5 Å². The van der Waals surface area contributed by atoms with Crippen LogP contribution in [0.5, 0.6) is 0 Å². The van der Waals surface area contributed by atoms with E-state index >= 15 is 0 Å². The highest BCUT2D eigenvalue weighted by Gasteiger charge is 2.16. The zero-order chi connectivity index (χ0) is 17.6. The van der Waals surface area contributed by atoms with Gasteiger partial charge >= 0.3 is 0 Å². The van der Waals surface area contributed by atoms with Crippen LogP contribution in [0.15, 0.2) is 57.8 Å². The molecule has 1 atom stereocenters. The second-order valence-electron chi connectivity index (χ2n) is 5.70. The van der Waals surface area contributed by atoms with Gasteiger partial charge in [-0.1, -0.05) is 35.5 Å². The molecule has 0 aliphatic heterocycles. The Hall–Kier alpha value is -1.43. The minimum Gasteiger partial charge on any atom is -0.380 e. The highest BCUT2D eigenvalue weighted by atomic mass is 35.5. The lowest BCUT2D eigenvalue weighted by Crippen LogP contribution is -2.03. The quantitative estimate of drug-likeness (QED) is 0.664. The first kappa shape index (κ1) is 18.4. The molecule has 4 nitrogen and oxygen atoms in total. The smallest absolute Gasteiger partial charge is 0.103 e. The summed E-state index contributed by atoms with van der Waals surface area (Å²) in [4.78, 5) is 5.33. The average molecular weight is 395 g/mol. The maximum absolute atomic E-state index is 6.35. The number of hydrogen-bond donors (Lipinski definition) is 1. The molecule has 1 aliphatic rings. The van der Waals surface area contributed by atoms with Gasteiger partial charge in [-0.2, -0.15) is 5.10 Å². The van der Waals surface area contributed by atoms with Crippen LogP contribution in [-0.4, -0.2) is 20.1 Å². The molecular weight excluding hydrogens is 375 g/mol. The zero-order valence-electron chi connectivity index (χ0n) is 14.0. The van der Waals surface area contributed by atoms with Crippen molar-refractivity contribution in [2.75, 3.05) is 5.32 Å². The first-order valence-electron chi connectivity index (χ1n) is 8.21. The van der Waals surface area contributed by atoms with Crippen LogP contribution in [0.1, 0.15) is 25.3 Å². The third kappa shape index (κ3) is 5.03. The third-order valence-corrected chi connectivity index (χ3v) is 5.64. The molecule has 0 spiro atoms. The van der Waals surface area contributed by atoms with Crippen molar-refractivity contribution in [1.82, 2.24) is 14.8 Å². The van der Waals surface area contributed by atoms with E-state index in [2.05, 4.69) is 28.4 Å². The molecule has 0 bridgehead atoms. The summed E-state index contributed by atoms with van der Waals surface area (Å²) in [5, 5.41) is 9.81. The number of allylic oxidation sites excluding steroid dienone is 4. The molecule has 0 fully saturated rings. The lowest BCUT2D eigenvalue weighted by atomic mass is 10.3. The lowest BCUT2D eigenvalue weighted by molar-refractivity contribution is 0.603. The number of nitrogens with one attached hydrogen (secondary N) is 1. The first-order chi connectivity index (χ1) is 12.2. The molecule has 0 saturated heterocycles. The number of thioether (sulfide) groups is 1. The summed E-state index contributed by atoms with van der Waals surface area (Å²) in [7, 11) is 0. The standard InChI is InChI=1S/C18H20Cl2N4S/c1-2-24-18(25-17-6-5-14(19)8-15(20)9-17)13(11-23-24)10-22-16-4-3-7-21-12-16/h3-5,7,9,11-12,15,22H,2,6,8,10H2,1H3. The van der Waals surface area contributed by atoms with Crippen LogP contribution in [0.3, 0.4) is 0 Å². The van der Waals surface area contributed by atoms with E-state index in [1.807, 2.05) is 35.3 Å². The van der Waals surface area contributed by atoms with Gasteiger partial charge in [-0.3, -0.25) is 9.67 Å². The van der Waals surface area contributed by atoms with E-state index in [0.29, 0.717) is 13.0 Å². The summed E-state index contributed by atoms with van der Waals surface area (Å²) < 4.78 is 2.02. The van der Waals surface area contributed by atoms with E-state index in [1.54, 1.807) is 18.0 Å². The van der Waals surface area contributed by atoms with Crippen molar-refractivity contribution in [2.45, 2.75) is 43.3 Å². The van der Waals surface area contributed by atoms with Gasteiger partial charge in [0.15, 0.2) is 0 Å². The van der Waals surface area contributed by atoms with Crippen molar-refractivity contribution >= 4 is 40.7 Å². The number of alkyl halides is 1. The van der Waals surface area contributed by atoms with E-state index in [4.69, 9.17) is 23.2 Å². The minimum absolute atomic E-state index is 0.0660. The molecule has 0 amide bonds. The molecule has 0 radical (unpaired) electrons. The van der Waals surface area contributed by atoms with Gasteiger partial charge in [0.1, 0.15) is 5.03 Å². The van der Waals surface area contributed by atoms with Crippen LogP contribution >= 0.6 is 35.0 Å². The largest absolute Gasteiger partial charge is 0.380 e. The number of hydrogen-bond acceptors (Lipinski definition) is 4. The molecular formula is C18H20Cl2N4S. The Morgan fingerprint density at radius 2 is 2.28 bits per heavy atom.